The minimum Gasteiger partial charge on any atom is -0.481 e. The summed E-state index contributed by atoms with van der Waals surface area (Å²) in [5.41, 5.74) is 1.56. The summed E-state index contributed by atoms with van der Waals surface area (Å²) in [6.45, 7) is 0. The number of hydrogen-bond acceptors (Lipinski definition) is 2. The molecule has 4 nitrogen and oxygen atoms in total. The maximum absolute atomic E-state index is 10.5. The quantitative estimate of drug-likeness (QED) is 0.869. The highest BCUT2D eigenvalue weighted by Crippen LogP contribution is 2.20. The molecule has 0 saturated heterocycles. The molecule has 0 spiro atoms. The van der Waals surface area contributed by atoms with Gasteiger partial charge in [0.15, 0.2) is 0 Å². The fourth-order valence-electron chi connectivity index (χ4n) is 1.32. The second kappa shape index (κ2) is 5.65. The summed E-state index contributed by atoms with van der Waals surface area (Å²) in [6, 6.07) is 5.17. The van der Waals surface area contributed by atoms with Gasteiger partial charge >= 0.3 is 11.9 Å². The zero-order valence-corrected chi connectivity index (χ0v) is 10.0. The molecule has 0 aliphatic heterocycles. The molecule has 0 saturated carbocycles. The molecule has 2 N–H and O–H groups in total. The number of halogens is 1. The zero-order valence-electron chi connectivity index (χ0n) is 8.44. The molecule has 1 aromatic rings. The van der Waals surface area contributed by atoms with Crippen molar-refractivity contribution in [3.8, 4) is 0 Å². The highest BCUT2D eigenvalue weighted by Gasteiger charge is 2.06. The lowest BCUT2D eigenvalue weighted by Gasteiger charge is -2.05. The minimum absolute atomic E-state index is 0.0299. The van der Waals surface area contributed by atoms with E-state index in [0.29, 0.717) is 12.0 Å². The van der Waals surface area contributed by atoms with Gasteiger partial charge in [-0.25, -0.2) is 0 Å². The van der Waals surface area contributed by atoms with Gasteiger partial charge in [0.05, 0.1) is 6.42 Å². The van der Waals surface area contributed by atoms with E-state index in [-0.39, 0.29) is 12.8 Å². The third-order valence-electron chi connectivity index (χ3n) is 2.08. The number of carbonyl (C=O) groups is 2. The van der Waals surface area contributed by atoms with Gasteiger partial charge in [-0.15, -0.1) is 0 Å². The van der Waals surface area contributed by atoms with Crippen LogP contribution < -0.4 is 0 Å². The SMILES string of the molecule is O=C(O)CCc1ccc(CC(=O)O)cc1Br. The normalized spacial score (nSPS) is 10.1. The minimum atomic E-state index is -0.884. The van der Waals surface area contributed by atoms with Crippen molar-refractivity contribution in [3.63, 3.8) is 0 Å². The first-order valence-corrected chi connectivity index (χ1v) is 5.49. The molecule has 0 atom stereocenters. The first-order chi connectivity index (χ1) is 7.49. The average Bonchev–Trinajstić information content (AvgIpc) is 2.15. The largest absolute Gasteiger partial charge is 0.481 e. The smallest absolute Gasteiger partial charge is 0.307 e. The van der Waals surface area contributed by atoms with Crippen LogP contribution in [-0.4, -0.2) is 22.2 Å². The molecule has 86 valence electrons. The Morgan fingerprint density at radius 1 is 1.19 bits per heavy atom. The van der Waals surface area contributed by atoms with Crippen molar-refractivity contribution in [1.82, 2.24) is 0 Å². The average molecular weight is 287 g/mol. The first kappa shape index (κ1) is 12.7. The Bertz CT molecular complexity index is 414. The van der Waals surface area contributed by atoms with Crippen LogP contribution in [0.3, 0.4) is 0 Å². The van der Waals surface area contributed by atoms with Crippen molar-refractivity contribution in [2.45, 2.75) is 19.3 Å². The van der Waals surface area contributed by atoms with Gasteiger partial charge in [0.2, 0.25) is 0 Å². The standard InChI is InChI=1S/C11H11BrO4/c12-9-5-7(6-11(15)16)1-2-8(9)3-4-10(13)14/h1-2,5H,3-4,6H2,(H,13,14)(H,15,16). The summed E-state index contributed by atoms with van der Waals surface area (Å²) in [5.74, 6) is -1.73. The maximum Gasteiger partial charge on any atom is 0.307 e. The van der Waals surface area contributed by atoms with Crippen LogP contribution in [0.5, 0.6) is 0 Å². The first-order valence-electron chi connectivity index (χ1n) is 4.70. The number of hydrogen-bond donors (Lipinski definition) is 2. The topological polar surface area (TPSA) is 74.6 Å². The lowest BCUT2D eigenvalue weighted by Crippen LogP contribution is -2.01. The van der Waals surface area contributed by atoms with Crippen LogP contribution in [0.1, 0.15) is 17.5 Å². The molecule has 16 heavy (non-hydrogen) atoms. The van der Waals surface area contributed by atoms with Gasteiger partial charge in [-0.1, -0.05) is 28.1 Å². The molecule has 0 amide bonds. The van der Waals surface area contributed by atoms with Crippen molar-refractivity contribution >= 4 is 27.9 Å². The predicted molar refractivity (Wildman–Crippen MR) is 61.4 cm³/mol. The van der Waals surface area contributed by atoms with Crippen LogP contribution in [0, 0.1) is 0 Å². The Kier molecular flexibility index (Phi) is 4.49. The third kappa shape index (κ3) is 4.02. The molecule has 0 aromatic heterocycles. The van der Waals surface area contributed by atoms with Crippen molar-refractivity contribution in [2.24, 2.45) is 0 Å². The van der Waals surface area contributed by atoms with Gasteiger partial charge in [0.25, 0.3) is 0 Å². The number of aryl methyl sites for hydroxylation is 1. The van der Waals surface area contributed by atoms with Crippen LogP contribution in [0.4, 0.5) is 0 Å². The molecule has 0 heterocycles. The zero-order chi connectivity index (χ0) is 12.1. The molecule has 0 aliphatic rings. The molecule has 0 bridgehead atoms. The Balaban J connectivity index is 2.75. The summed E-state index contributed by atoms with van der Waals surface area (Å²) in [5, 5.41) is 17.2. The third-order valence-corrected chi connectivity index (χ3v) is 2.82. The maximum atomic E-state index is 10.5. The van der Waals surface area contributed by atoms with Crippen molar-refractivity contribution < 1.29 is 19.8 Å². The van der Waals surface area contributed by atoms with E-state index >= 15 is 0 Å². The van der Waals surface area contributed by atoms with E-state index in [1.807, 2.05) is 0 Å². The Hall–Kier alpha value is -1.36. The van der Waals surface area contributed by atoms with Gasteiger partial charge in [0.1, 0.15) is 0 Å². The molecule has 0 fully saturated rings. The van der Waals surface area contributed by atoms with Crippen LogP contribution in [-0.2, 0) is 22.4 Å². The number of aliphatic carboxylic acids is 2. The van der Waals surface area contributed by atoms with Crippen molar-refractivity contribution in [3.05, 3.63) is 33.8 Å². The fourth-order valence-corrected chi connectivity index (χ4v) is 1.94. The molecule has 0 unspecified atom stereocenters. The van der Waals surface area contributed by atoms with E-state index in [2.05, 4.69) is 15.9 Å². The van der Waals surface area contributed by atoms with E-state index in [1.165, 1.54) is 0 Å². The summed E-state index contributed by atoms with van der Waals surface area (Å²) in [6.07, 6.45) is 0.470. The monoisotopic (exact) mass is 286 g/mol. The van der Waals surface area contributed by atoms with Crippen LogP contribution in [0.15, 0.2) is 22.7 Å². The predicted octanol–water partition coefficient (Wildman–Crippen LogP) is 2.09. The van der Waals surface area contributed by atoms with Crippen molar-refractivity contribution in [1.29, 1.82) is 0 Å². The lowest BCUT2D eigenvalue weighted by atomic mass is 10.1. The molecule has 1 rings (SSSR count). The van der Waals surface area contributed by atoms with E-state index in [1.54, 1.807) is 18.2 Å². The van der Waals surface area contributed by atoms with Crippen LogP contribution >= 0.6 is 15.9 Å². The molecule has 1 aromatic carbocycles. The summed E-state index contributed by atoms with van der Waals surface area (Å²) in [4.78, 5) is 20.9. The van der Waals surface area contributed by atoms with E-state index in [0.717, 1.165) is 10.0 Å². The number of benzene rings is 1. The Morgan fingerprint density at radius 3 is 2.38 bits per heavy atom. The van der Waals surface area contributed by atoms with E-state index < -0.39 is 11.9 Å². The second-order valence-electron chi connectivity index (χ2n) is 3.39. The molecule has 5 heteroatoms. The van der Waals surface area contributed by atoms with Crippen LogP contribution in [0.25, 0.3) is 0 Å². The van der Waals surface area contributed by atoms with Gasteiger partial charge in [0, 0.05) is 10.9 Å². The molecular weight excluding hydrogens is 276 g/mol. The summed E-state index contributed by atoms with van der Waals surface area (Å²) < 4.78 is 0.757. The van der Waals surface area contributed by atoms with Gasteiger partial charge < -0.3 is 10.2 Å². The second-order valence-corrected chi connectivity index (χ2v) is 4.24. The lowest BCUT2D eigenvalue weighted by molar-refractivity contribution is -0.137. The summed E-state index contributed by atoms with van der Waals surface area (Å²) >= 11 is 3.30. The van der Waals surface area contributed by atoms with Gasteiger partial charge in [-0.05, 0) is 23.6 Å². The van der Waals surface area contributed by atoms with E-state index in [9.17, 15) is 9.59 Å². The Labute approximate surface area is 101 Å². The molecular formula is C11H11BrO4. The highest BCUT2D eigenvalue weighted by molar-refractivity contribution is 9.10. The number of carboxylic acids is 2. The number of carboxylic acid groups (broad SMARTS) is 2. The van der Waals surface area contributed by atoms with Crippen molar-refractivity contribution in [2.75, 3.05) is 0 Å². The molecule has 0 radical (unpaired) electrons. The summed E-state index contributed by atoms with van der Waals surface area (Å²) in [7, 11) is 0. The number of rotatable bonds is 5. The van der Waals surface area contributed by atoms with E-state index in [4.69, 9.17) is 10.2 Å². The fraction of sp³-hybridized carbons (Fsp3) is 0.273. The molecule has 0 aliphatic carbocycles. The highest BCUT2D eigenvalue weighted by atomic mass is 79.9. The van der Waals surface area contributed by atoms with Gasteiger partial charge in [-0.3, -0.25) is 9.59 Å². The Morgan fingerprint density at radius 2 is 1.88 bits per heavy atom. The van der Waals surface area contributed by atoms with Crippen LogP contribution in [0.2, 0.25) is 0 Å². The van der Waals surface area contributed by atoms with Gasteiger partial charge in [-0.2, -0.15) is 0 Å².